The third kappa shape index (κ3) is 3.73. The maximum Gasteiger partial charge on any atom is 0.309 e. The van der Waals surface area contributed by atoms with E-state index in [1.165, 1.54) is 6.07 Å². The lowest BCUT2D eigenvalue weighted by molar-refractivity contribution is -0.147. The largest absolute Gasteiger partial charge is 0.490 e. The molecule has 3 nitrogen and oxygen atoms in total. The molecule has 0 atom stereocenters. The number of ether oxygens (including phenoxy) is 1. The number of aryl methyl sites for hydroxylation is 1. The molecule has 0 saturated heterocycles. The molecule has 0 radical (unpaired) electrons. The molecule has 1 rings (SSSR count). The zero-order valence-electron chi connectivity index (χ0n) is 10.3. The van der Waals surface area contributed by atoms with E-state index in [2.05, 4.69) is 0 Å². The van der Waals surface area contributed by atoms with Crippen molar-refractivity contribution in [2.45, 2.75) is 27.2 Å². The van der Waals surface area contributed by atoms with Gasteiger partial charge in [0.2, 0.25) is 0 Å². The predicted octanol–water partition coefficient (Wildman–Crippen LogP) is 3.01. The van der Waals surface area contributed by atoms with Crippen molar-refractivity contribution in [2.75, 3.05) is 6.61 Å². The van der Waals surface area contributed by atoms with E-state index < -0.39 is 17.2 Å². The standard InChI is InChI=1S/C13H17FO3/c1-9-4-5-10(14)11(8-9)17-7-6-13(2,3)12(15)16/h4-5,8H,6-7H2,1-3H3,(H,15,16). The van der Waals surface area contributed by atoms with Crippen LogP contribution in [0.4, 0.5) is 4.39 Å². The fourth-order valence-electron chi connectivity index (χ4n) is 1.24. The molecule has 0 fully saturated rings. The van der Waals surface area contributed by atoms with Crippen LogP contribution in [0.15, 0.2) is 18.2 Å². The molecule has 1 N–H and O–H groups in total. The number of hydrogen-bond donors (Lipinski definition) is 1. The molecule has 4 heteroatoms. The first-order valence-corrected chi connectivity index (χ1v) is 5.45. The topological polar surface area (TPSA) is 46.5 Å². The van der Waals surface area contributed by atoms with Crippen LogP contribution in [0.3, 0.4) is 0 Å². The average Bonchev–Trinajstić information content (AvgIpc) is 2.22. The fraction of sp³-hybridized carbons (Fsp3) is 0.462. The van der Waals surface area contributed by atoms with Crippen LogP contribution in [-0.2, 0) is 4.79 Å². The molecule has 0 heterocycles. The van der Waals surface area contributed by atoms with Gasteiger partial charge >= 0.3 is 5.97 Å². The highest BCUT2D eigenvalue weighted by atomic mass is 19.1. The van der Waals surface area contributed by atoms with Crippen molar-refractivity contribution < 1.29 is 19.0 Å². The van der Waals surface area contributed by atoms with Gasteiger partial charge in [0.1, 0.15) is 0 Å². The summed E-state index contributed by atoms with van der Waals surface area (Å²) in [4.78, 5) is 10.9. The number of rotatable bonds is 5. The highest BCUT2D eigenvalue weighted by Crippen LogP contribution is 2.23. The van der Waals surface area contributed by atoms with Crippen molar-refractivity contribution >= 4 is 5.97 Å². The van der Waals surface area contributed by atoms with Gasteiger partial charge in [0, 0.05) is 0 Å². The maximum absolute atomic E-state index is 13.3. The van der Waals surface area contributed by atoms with E-state index in [9.17, 15) is 9.18 Å². The predicted molar refractivity (Wildman–Crippen MR) is 62.7 cm³/mol. The summed E-state index contributed by atoms with van der Waals surface area (Å²) in [6, 6.07) is 4.60. The van der Waals surface area contributed by atoms with Crippen LogP contribution in [0.2, 0.25) is 0 Å². The van der Waals surface area contributed by atoms with E-state index in [1.54, 1.807) is 26.0 Å². The van der Waals surface area contributed by atoms with Crippen LogP contribution in [0, 0.1) is 18.2 Å². The summed E-state index contributed by atoms with van der Waals surface area (Å²) in [5.74, 6) is -1.14. The Morgan fingerprint density at radius 1 is 1.47 bits per heavy atom. The lowest BCUT2D eigenvalue weighted by Gasteiger charge is -2.19. The first kappa shape index (κ1) is 13.5. The summed E-state index contributed by atoms with van der Waals surface area (Å²) in [6.07, 6.45) is 0.329. The second-order valence-corrected chi connectivity index (χ2v) is 4.72. The van der Waals surface area contributed by atoms with E-state index in [0.29, 0.717) is 6.42 Å². The van der Waals surface area contributed by atoms with Crippen LogP contribution in [0.25, 0.3) is 0 Å². The van der Waals surface area contributed by atoms with Crippen LogP contribution in [0.5, 0.6) is 5.75 Å². The van der Waals surface area contributed by atoms with Crippen molar-refractivity contribution in [3.8, 4) is 5.75 Å². The molecule has 0 aliphatic carbocycles. The van der Waals surface area contributed by atoms with Crippen LogP contribution >= 0.6 is 0 Å². The van der Waals surface area contributed by atoms with E-state index in [0.717, 1.165) is 5.56 Å². The molecule has 0 aliphatic heterocycles. The molecule has 94 valence electrons. The quantitative estimate of drug-likeness (QED) is 0.860. The molecule has 0 unspecified atom stereocenters. The summed E-state index contributed by atoms with van der Waals surface area (Å²) in [5.41, 5.74) is 0.0409. The molecule has 0 spiro atoms. The molecular formula is C13H17FO3. The molecule has 0 aromatic heterocycles. The van der Waals surface area contributed by atoms with E-state index in [1.807, 2.05) is 6.92 Å². The van der Waals surface area contributed by atoms with Gasteiger partial charge in [0.15, 0.2) is 11.6 Å². The van der Waals surface area contributed by atoms with Crippen molar-refractivity contribution in [3.05, 3.63) is 29.6 Å². The molecule has 0 bridgehead atoms. The van der Waals surface area contributed by atoms with Crippen molar-refractivity contribution in [1.82, 2.24) is 0 Å². The maximum atomic E-state index is 13.3. The molecule has 1 aromatic rings. The van der Waals surface area contributed by atoms with Crippen LogP contribution < -0.4 is 4.74 Å². The van der Waals surface area contributed by atoms with Gasteiger partial charge < -0.3 is 9.84 Å². The minimum atomic E-state index is -0.884. The van der Waals surface area contributed by atoms with Gasteiger partial charge in [-0.3, -0.25) is 4.79 Å². The Bertz CT molecular complexity index is 413. The first-order chi connectivity index (χ1) is 7.83. The number of halogens is 1. The van der Waals surface area contributed by atoms with Gasteiger partial charge in [-0.1, -0.05) is 6.07 Å². The summed E-state index contributed by atoms with van der Waals surface area (Å²) in [7, 11) is 0. The summed E-state index contributed by atoms with van der Waals surface area (Å²) in [5, 5.41) is 8.91. The Labute approximate surface area is 100 Å². The average molecular weight is 240 g/mol. The summed E-state index contributed by atoms with van der Waals surface area (Å²) in [6.45, 7) is 5.25. The minimum absolute atomic E-state index is 0.172. The third-order valence-electron chi connectivity index (χ3n) is 2.65. The zero-order chi connectivity index (χ0) is 13.1. The van der Waals surface area contributed by atoms with Crippen molar-refractivity contribution in [2.24, 2.45) is 5.41 Å². The monoisotopic (exact) mass is 240 g/mol. The fourth-order valence-corrected chi connectivity index (χ4v) is 1.24. The smallest absolute Gasteiger partial charge is 0.309 e. The van der Waals surface area contributed by atoms with E-state index >= 15 is 0 Å². The number of hydrogen-bond acceptors (Lipinski definition) is 2. The second kappa shape index (κ2) is 5.17. The third-order valence-corrected chi connectivity index (χ3v) is 2.65. The Morgan fingerprint density at radius 3 is 2.71 bits per heavy atom. The lowest BCUT2D eigenvalue weighted by atomic mass is 9.90. The van der Waals surface area contributed by atoms with Gasteiger partial charge in [-0.15, -0.1) is 0 Å². The molecule has 0 amide bonds. The minimum Gasteiger partial charge on any atom is -0.490 e. The number of carboxylic acid groups (broad SMARTS) is 1. The van der Waals surface area contributed by atoms with Gasteiger partial charge in [-0.25, -0.2) is 4.39 Å². The van der Waals surface area contributed by atoms with Crippen LogP contribution in [-0.4, -0.2) is 17.7 Å². The highest BCUT2D eigenvalue weighted by molar-refractivity contribution is 5.73. The van der Waals surface area contributed by atoms with Gasteiger partial charge in [-0.2, -0.15) is 0 Å². The second-order valence-electron chi connectivity index (χ2n) is 4.72. The summed E-state index contributed by atoms with van der Waals surface area (Å²) >= 11 is 0. The molecule has 1 aromatic carbocycles. The van der Waals surface area contributed by atoms with Crippen molar-refractivity contribution in [1.29, 1.82) is 0 Å². The highest BCUT2D eigenvalue weighted by Gasteiger charge is 2.26. The molecule has 0 saturated carbocycles. The van der Waals surface area contributed by atoms with Gasteiger partial charge in [0.05, 0.1) is 12.0 Å². The Hall–Kier alpha value is -1.58. The number of carboxylic acids is 1. The van der Waals surface area contributed by atoms with E-state index in [-0.39, 0.29) is 12.4 Å². The normalized spacial score (nSPS) is 11.3. The first-order valence-electron chi connectivity index (χ1n) is 5.45. The Balaban J connectivity index is 2.57. The van der Waals surface area contributed by atoms with Crippen LogP contribution in [0.1, 0.15) is 25.8 Å². The molecular weight excluding hydrogens is 223 g/mol. The van der Waals surface area contributed by atoms with Crippen molar-refractivity contribution in [3.63, 3.8) is 0 Å². The summed E-state index contributed by atoms with van der Waals surface area (Å²) < 4.78 is 18.6. The molecule has 17 heavy (non-hydrogen) atoms. The lowest BCUT2D eigenvalue weighted by Crippen LogP contribution is -2.26. The van der Waals surface area contributed by atoms with E-state index in [4.69, 9.17) is 9.84 Å². The zero-order valence-corrected chi connectivity index (χ0v) is 10.3. The SMILES string of the molecule is Cc1ccc(F)c(OCCC(C)(C)C(=O)O)c1. The number of benzene rings is 1. The van der Waals surface area contributed by atoms with Gasteiger partial charge in [0.25, 0.3) is 0 Å². The number of carbonyl (C=O) groups is 1. The number of aliphatic carboxylic acids is 1. The Kier molecular flexibility index (Phi) is 4.10. The Morgan fingerprint density at radius 2 is 2.12 bits per heavy atom. The molecule has 0 aliphatic rings. The van der Waals surface area contributed by atoms with Gasteiger partial charge in [-0.05, 0) is 44.9 Å².